The second kappa shape index (κ2) is 6.19. The predicted molar refractivity (Wildman–Crippen MR) is 96.0 cm³/mol. The first-order chi connectivity index (χ1) is 12.0. The van der Waals surface area contributed by atoms with Gasteiger partial charge in [0, 0.05) is 22.7 Å². The van der Waals surface area contributed by atoms with Crippen molar-refractivity contribution in [2.45, 2.75) is 32.7 Å². The number of likely N-dealkylation sites (tertiary alicyclic amines) is 1. The Morgan fingerprint density at radius 3 is 2.60 bits per heavy atom. The van der Waals surface area contributed by atoms with E-state index in [1.807, 2.05) is 19.9 Å². The van der Waals surface area contributed by atoms with E-state index in [1.165, 1.54) is 12.1 Å². The van der Waals surface area contributed by atoms with E-state index in [1.54, 1.807) is 6.07 Å². The van der Waals surface area contributed by atoms with Crippen LogP contribution in [0.15, 0.2) is 24.3 Å². The van der Waals surface area contributed by atoms with Crippen molar-refractivity contribution in [3.63, 3.8) is 0 Å². The zero-order chi connectivity index (χ0) is 17.6. The number of rotatable bonds is 2. The lowest BCUT2D eigenvalue weighted by Crippen LogP contribution is -2.32. The van der Waals surface area contributed by atoms with E-state index in [2.05, 4.69) is 26.7 Å². The van der Waals surface area contributed by atoms with E-state index in [9.17, 15) is 4.39 Å². The van der Waals surface area contributed by atoms with Crippen LogP contribution in [-0.2, 0) is 0 Å². The summed E-state index contributed by atoms with van der Waals surface area (Å²) in [5.41, 5.74) is 2.48. The predicted octanol–water partition coefficient (Wildman–Crippen LogP) is 3.52. The molecular weight excluding hydrogens is 317 g/mol. The highest BCUT2D eigenvalue weighted by atomic mass is 19.1. The maximum Gasteiger partial charge on any atom is 0.159 e. The zero-order valence-electron chi connectivity index (χ0n) is 14.8. The van der Waals surface area contributed by atoms with Crippen molar-refractivity contribution < 1.29 is 4.39 Å². The lowest BCUT2D eigenvalue weighted by Gasteiger charge is -2.29. The van der Waals surface area contributed by atoms with Gasteiger partial charge in [-0.3, -0.25) is 4.98 Å². The molecule has 4 rings (SSSR count). The standard InChI is InChI=1S/C19H22FN5/c1-12-10-17(16-5-4-14(20)11-18(16)21-12)19-22-13(2)23-25(19)15-6-8-24(3)9-7-15/h4-5,10-11,15H,6-9H2,1-3H3. The van der Waals surface area contributed by atoms with Crippen molar-refractivity contribution in [1.82, 2.24) is 24.6 Å². The van der Waals surface area contributed by atoms with Crippen molar-refractivity contribution in [2.75, 3.05) is 20.1 Å². The van der Waals surface area contributed by atoms with E-state index in [0.29, 0.717) is 11.6 Å². The summed E-state index contributed by atoms with van der Waals surface area (Å²) < 4.78 is 15.7. The second-order valence-electron chi connectivity index (χ2n) is 6.93. The fourth-order valence-corrected chi connectivity index (χ4v) is 3.63. The molecule has 0 atom stereocenters. The van der Waals surface area contributed by atoms with E-state index in [4.69, 9.17) is 4.98 Å². The molecule has 0 spiro atoms. The maximum absolute atomic E-state index is 13.6. The average Bonchev–Trinajstić information content (AvgIpc) is 2.96. The van der Waals surface area contributed by atoms with Crippen molar-refractivity contribution in [3.05, 3.63) is 41.6 Å². The van der Waals surface area contributed by atoms with Crippen molar-refractivity contribution in [1.29, 1.82) is 0 Å². The molecule has 1 fully saturated rings. The summed E-state index contributed by atoms with van der Waals surface area (Å²) in [6, 6.07) is 7.11. The Labute approximate surface area is 146 Å². The van der Waals surface area contributed by atoms with Gasteiger partial charge in [-0.1, -0.05) is 0 Å². The summed E-state index contributed by atoms with van der Waals surface area (Å²) in [7, 11) is 2.15. The third-order valence-corrected chi connectivity index (χ3v) is 4.91. The monoisotopic (exact) mass is 339 g/mol. The summed E-state index contributed by atoms with van der Waals surface area (Å²) in [5, 5.41) is 5.59. The van der Waals surface area contributed by atoms with Crippen LogP contribution < -0.4 is 0 Å². The summed E-state index contributed by atoms with van der Waals surface area (Å²) in [5.74, 6) is 1.34. The molecule has 0 unspecified atom stereocenters. The van der Waals surface area contributed by atoms with E-state index in [-0.39, 0.29) is 5.82 Å². The first-order valence-corrected chi connectivity index (χ1v) is 8.70. The fourth-order valence-electron chi connectivity index (χ4n) is 3.63. The Morgan fingerprint density at radius 1 is 1.08 bits per heavy atom. The van der Waals surface area contributed by atoms with Gasteiger partial charge in [-0.25, -0.2) is 14.1 Å². The highest BCUT2D eigenvalue weighted by Crippen LogP contribution is 2.32. The van der Waals surface area contributed by atoms with Gasteiger partial charge in [-0.05, 0) is 65.0 Å². The molecule has 2 aromatic heterocycles. The molecule has 25 heavy (non-hydrogen) atoms. The van der Waals surface area contributed by atoms with Crippen molar-refractivity contribution in [3.8, 4) is 11.4 Å². The molecule has 1 aliphatic heterocycles. The third kappa shape index (κ3) is 3.02. The highest BCUT2D eigenvalue weighted by molar-refractivity contribution is 5.93. The lowest BCUT2D eigenvalue weighted by molar-refractivity contribution is 0.213. The summed E-state index contributed by atoms with van der Waals surface area (Å²) in [6.07, 6.45) is 2.12. The normalized spacial score (nSPS) is 16.6. The summed E-state index contributed by atoms with van der Waals surface area (Å²) in [6.45, 7) is 5.97. The molecular formula is C19H22FN5. The van der Waals surface area contributed by atoms with Gasteiger partial charge in [0.2, 0.25) is 0 Å². The highest BCUT2D eigenvalue weighted by Gasteiger charge is 2.24. The third-order valence-electron chi connectivity index (χ3n) is 4.91. The van der Waals surface area contributed by atoms with Crippen LogP contribution >= 0.6 is 0 Å². The molecule has 3 heterocycles. The van der Waals surface area contributed by atoms with Crippen LogP contribution in [0.1, 0.15) is 30.4 Å². The van der Waals surface area contributed by atoms with E-state index < -0.39 is 0 Å². The van der Waals surface area contributed by atoms with E-state index in [0.717, 1.165) is 54.2 Å². The number of piperidine rings is 1. The van der Waals surface area contributed by atoms with Gasteiger partial charge in [-0.2, -0.15) is 5.10 Å². The fraction of sp³-hybridized carbons (Fsp3) is 0.421. The number of nitrogens with zero attached hydrogens (tertiary/aromatic N) is 5. The Hall–Kier alpha value is -2.34. The lowest BCUT2D eigenvalue weighted by atomic mass is 10.0. The van der Waals surface area contributed by atoms with Gasteiger partial charge in [-0.15, -0.1) is 0 Å². The first-order valence-electron chi connectivity index (χ1n) is 8.70. The minimum absolute atomic E-state index is 0.274. The molecule has 3 aromatic rings. The Kier molecular flexibility index (Phi) is 4.00. The maximum atomic E-state index is 13.6. The van der Waals surface area contributed by atoms with Crippen molar-refractivity contribution in [2.24, 2.45) is 0 Å². The number of fused-ring (bicyclic) bond motifs is 1. The van der Waals surface area contributed by atoms with Gasteiger partial charge in [0.15, 0.2) is 5.82 Å². The minimum atomic E-state index is -0.274. The number of aromatic nitrogens is 4. The molecule has 0 amide bonds. The van der Waals surface area contributed by atoms with Crippen LogP contribution in [0.4, 0.5) is 4.39 Å². The van der Waals surface area contributed by atoms with Crippen molar-refractivity contribution >= 4 is 10.9 Å². The minimum Gasteiger partial charge on any atom is -0.306 e. The number of benzene rings is 1. The quantitative estimate of drug-likeness (QED) is 0.717. The molecule has 1 aromatic carbocycles. The van der Waals surface area contributed by atoms with Crippen LogP contribution in [0, 0.1) is 19.7 Å². The van der Waals surface area contributed by atoms with Gasteiger partial charge < -0.3 is 4.90 Å². The zero-order valence-corrected chi connectivity index (χ0v) is 14.8. The molecule has 0 aliphatic carbocycles. The van der Waals surface area contributed by atoms with Gasteiger partial charge in [0.05, 0.1) is 11.6 Å². The van der Waals surface area contributed by atoms with Crippen LogP contribution in [0.25, 0.3) is 22.3 Å². The largest absolute Gasteiger partial charge is 0.306 e. The topological polar surface area (TPSA) is 46.8 Å². The Bertz CT molecular complexity index is 920. The van der Waals surface area contributed by atoms with Crippen LogP contribution in [0.3, 0.4) is 0 Å². The first kappa shape index (κ1) is 16.1. The second-order valence-corrected chi connectivity index (χ2v) is 6.93. The SMILES string of the molecule is Cc1cc(-c2nc(C)nn2C2CCN(C)CC2)c2ccc(F)cc2n1. The van der Waals surface area contributed by atoms with Gasteiger partial charge >= 0.3 is 0 Å². The number of hydrogen-bond donors (Lipinski definition) is 0. The van der Waals surface area contributed by atoms with Gasteiger partial charge in [0.25, 0.3) is 0 Å². The number of halogens is 1. The van der Waals surface area contributed by atoms with Crippen LogP contribution in [0.2, 0.25) is 0 Å². The molecule has 6 heteroatoms. The Balaban J connectivity index is 1.87. The smallest absolute Gasteiger partial charge is 0.159 e. The molecule has 1 aliphatic rings. The van der Waals surface area contributed by atoms with Crippen LogP contribution in [-0.4, -0.2) is 44.8 Å². The molecule has 0 bridgehead atoms. The number of pyridine rings is 1. The van der Waals surface area contributed by atoms with Crippen LogP contribution in [0.5, 0.6) is 0 Å². The average molecular weight is 339 g/mol. The molecule has 0 N–H and O–H groups in total. The molecule has 130 valence electrons. The van der Waals surface area contributed by atoms with Gasteiger partial charge in [0.1, 0.15) is 11.6 Å². The molecule has 1 saturated heterocycles. The van der Waals surface area contributed by atoms with E-state index >= 15 is 0 Å². The molecule has 5 nitrogen and oxygen atoms in total. The Morgan fingerprint density at radius 2 is 1.84 bits per heavy atom. The summed E-state index contributed by atoms with van der Waals surface area (Å²) >= 11 is 0. The summed E-state index contributed by atoms with van der Waals surface area (Å²) in [4.78, 5) is 11.5. The number of aryl methyl sites for hydroxylation is 2. The molecule has 0 radical (unpaired) electrons. The number of hydrogen-bond acceptors (Lipinski definition) is 4. The molecule has 0 saturated carbocycles.